The number of hydrogen-bond acceptors (Lipinski definition) is 7. The number of hydrogen-bond donors (Lipinski definition) is 2. The fourth-order valence-corrected chi connectivity index (χ4v) is 5.58. The molecule has 2 aliphatic rings. The number of methoxy groups -OCH3 is 1. The lowest BCUT2D eigenvalue weighted by molar-refractivity contribution is 0.207. The number of amides is 2. The van der Waals surface area contributed by atoms with E-state index in [1.807, 2.05) is 29.2 Å². The predicted molar refractivity (Wildman–Crippen MR) is 122 cm³/mol. The Morgan fingerprint density at radius 2 is 2.13 bits per heavy atom. The van der Waals surface area contributed by atoms with E-state index in [1.165, 1.54) is 10.4 Å². The molecule has 8 nitrogen and oxygen atoms in total. The van der Waals surface area contributed by atoms with Gasteiger partial charge >= 0.3 is 6.03 Å². The summed E-state index contributed by atoms with van der Waals surface area (Å²) in [4.78, 5) is 27.6. The van der Waals surface area contributed by atoms with E-state index in [9.17, 15) is 4.79 Å². The topological polar surface area (TPSA) is 82.6 Å². The molecule has 4 heterocycles. The number of carbonyl (C=O) groups excluding carboxylic acids is 1. The molecule has 1 aromatic carbocycles. The molecule has 2 aromatic heterocycles. The normalized spacial score (nSPS) is 16.4. The van der Waals surface area contributed by atoms with E-state index >= 15 is 0 Å². The first-order chi connectivity index (χ1) is 15.2. The molecule has 9 heteroatoms. The lowest BCUT2D eigenvalue weighted by Gasteiger charge is -2.27. The van der Waals surface area contributed by atoms with Crippen molar-refractivity contribution in [1.82, 2.24) is 25.1 Å². The van der Waals surface area contributed by atoms with Gasteiger partial charge in [0.1, 0.15) is 22.7 Å². The lowest BCUT2D eigenvalue weighted by Crippen LogP contribution is -2.34. The number of aromatic nitrogens is 2. The Hall–Kier alpha value is -2.91. The second kappa shape index (κ2) is 8.68. The second-order valence-corrected chi connectivity index (χ2v) is 8.91. The maximum Gasteiger partial charge on any atom is 0.317 e. The molecule has 0 saturated carbocycles. The van der Waals surface area contributed by atoms with Crippen LogP contribution >= 0.6 is 11.3 Å². The van der Waals surface area contributed by atoms with Gasteiger partial charge in [-0.25, -0.2) is 14.8 Å². The maximum atomic E-state index is 11.7. The van der Waals surface area contributed by atoms with Crippen LogP contribution in [0.25, 0.3) is 10.2 Å². The molecule has 1 saturated heterocycles. The van der Waals surface area contributed by atoms with E-state index in [-0.39, 0.29) is 6.03 Å². The Bertz CT molecular complexity index is 1100. The summed E-state index contributed by atoms with van der Waals surface area (Å²) < 4.78 is 5.48. The van der Waals surface area contributed by atoms with Gasteiger partial charge in [0.2, 0.25) is 0 Å². The van der Waals surface area contributed by atoms with E-state index in [0.29, 0.717) is 0 Å². The van der Waals surface area contributed by atoms with Crippen molar-refractivity contribution in [1.29, 1.82) is 0 Å². The summed E-state index contributed by atoms with van der Waals surface area (Å²) in [5.41, 5.74) is 2.25. The van der Waals surface area contributed by atoms with Crippen LogP contribution in [0.2, 0.25) is 0 Å². The molecule has 5 rings (SSSR count). The van der Waals surface area contributed by atoms with Gasteiger partial charge in [0.05, 0.1) is 18.2 Å². The Morgan fingerprint density at radius 3 is 2.97 bits per heavy atom. The Morgan fingerprint density at radius 1 is 1.23 bits per heavy atom. The first kappa shape index (κ1) is 20.0. The molecular formula is C22H26N6O2S. The van der Waals surface area contributed by atoms with Crippen molar-refractivity contribution in [2.24, 2.45) is 0 Å². The molecular weight excluding hydrogens is 412 g/mol. The number of ether oxygens (including phenoxy) is 1. The van der Waals surface area contributed by atoms with Gasteiger partial charge in [-0.05, 0) is 30.5 Å². The highest BCUT2D eigenvalue weighted by Gasteiger charge is 2.25. The number of anilines is 2. The van der Waals surface area contributed by atoms with Gasteiger partial charge < -0.3 is 20.3 Å². The molecule has 162 valence electrons. The average Bonchev–Trinajstić information content (AvgIpc) is 3.37. The Balaban J connectivity index is 1.31. The number of carbonyl (C=O) groups is 1. The third kappa shape index (κ3) is 4.03. The number of nitrogens with one attached hydrogen (secondary N) is 2. The highest BCUT2D eigenvalue weighted by atomic mass is 32.1. The average molecular weight is 439 g/mol. The number of benzene rings is 1. The van der Waals surface area contributed by atoms with Crippen LogP contribution in [0, 0.1) is 0 Å². The zero-order valence-electron chi connectivity index (χ0n) is 17.6. The minimum Gasteiger partial charge on any atom is -0.495 e. The van der Waals surface area contributed by atoms with Crippen LogP contribution in [0.4, 0.5) is 16.3 Å². The van der Waals surface area contributed by atoms with Crippen molar-refractivity contribution in [3.05, 3.63) is 41.0 Å². The minimum atomic E-state index is 0.0686. The highest BCUT2D eigenvalue weighted by molar-refractivity contribution is 7.19. The molecule has 31 heavy (non-hydrogen) atoms. The second-order valence-electron chi connectivity index (χ2n) is 7.83. The smallest absolute Gasteiger partial charge is 0.317 e. The fourth-order valence-electron chi connectivity index (χ4n) is 4.35. The van der Waals surface area contributed by atoms with E-state index < -0.39 is 0 Å². The van der Waals surface area contributed by atoms with Crippen LogP contribution in [-0.2, 0) is 13.0 Å². The SMILES string of the molecule is COc1ccccc1Nc1ncnc2sc3c(c12)CCN(CCCN1CCNC1=O)C3. The highest BCUT2D eigenvalue weighted by Crippen LogP contribution is 2.39. The molecule has 3 aromatic rings. The summed E-state index contributed by atoms with van der Waals surface area (Å²) in [6.45, 7) is 5.33. The summed E-state index contributed by atoms with van der Waals surface area (Å²) in [5.74, 6) is 1.62. The number of rotatable bonds is 7. The van der Waals surface area contributed by atoms with Crippen molar-refractivity contribution < 1.29 is 9.53 Å². The first-order valence-electron chi connectivity index (χ1n) is 10.6. The van der Waals surface area contributed by atoms with E-state index in [1.54, 1.807) is 24.8 Å². The van der Waals surface area contributed by atoms with Crippen molar-refractivity contribution in [3.8, 4) is 5.75 Å². The molecule has 2 N–H and O–H groups in total. The number of fused-ring (bicyclic) bond motifs is 3. The monoisotopic (exact) mass is 438 g/mol. The van der Waals surface area contributed by atoms with Crippen molar-refractivity contribution in [2.45, 2.75) is 19.4 Å². The predicted octanol–water partition coefficient (Wildman–Crippen LogP) is 3.22. The molecule has 0 spiro atoms. The summed E-state index contributed by atoms with van der Waals surface area (Å²) >= 11 is 1.76. The third-order valence-electron chi connectivity index (χ3n) is 5.92. The lowest BCUT2D eigenvalue weighted by atomic mass is 10.0. The molecule has 2 aliphatic heterocycles. The van der Waals surface area contributed by atoms with Crippen LogP contribution in [0.5, 0.6) is 5.75 Å². The molecule has 0 atom stereocenters. The van der Waals surface area contributed by atoms with Gasteiger partial charge in [-0.15, -0.1) is 11.3 Å². The standard InChI is InChI=1S/C22H26N6O2S/c1-30-17-6-3-2-5-16(17)26-20-19-15-7-11-27(9-4-10-28-12-8-23-22(28)29)13-18(15)31-21(19)25-14-24-20/h2-3,5-6,14H,4,7-13H2,1H3,(H,23,29)(H,24,25,26). The first-order valence-corrected chi connectivity index (χ1v) is 11.4. The maximum absolute atomic E-state index is 11.7. The number of thiophene rings is 1. The molecule has 1 fully saturated rings. The van der Waals surface area contributed by atoms with Crippen LogP contribution in [0.3, 0.4) is 0 Å². The summed E-state index contributed by atoms with van der Waals surface area (Å²) in [6, 6.07) is 7.94. The molecule has 0 bridgehead atoms. The third-order valence-corrected chi connectivity index (χ3v) is 7.05. The fraction of sp³-hybridized carbons (Fsp3) is 0.409. The van der Waals surface area contributed by atoms with Crippen molar-refractivity contribution in [3.63, 3.8) is 0 Å². The summed E-state index contributed by atoms with van der Waals surface area (Å²) in [5, 5.41) is 7.45. The molecule has 2 amide bonds. The van der Waals surface area contributed by atoms with Gasteiger partial charge in [0.15, 0.2) is 0 Å². The van der Waals surface area contributed by atoms with Crippen molar-refractivity contribution in [2.75, 3.05) is 45.2 Å². The van der Waals surface area contributed by atoms with Gasteiger partial charge in [-0.2, -0.15) is 0 Å². The van der Waals surface area contributed by atoms with Gasteiger partial charge in [0, 0.05) is 44.1 Å². The van der Waals surface area contributed by atoms with Crippen LogP contribution in [-0.4, -0.2) is 65.6 Å². The number of nitrogens with zero attached hydrogens (tertiary/aromatic N) is 4. The van der Waals surface area contributed by atoms with Crippen LogP contribution in [0.1, 0.15) is 16.9 Å². The number of para-hydroxylation sites is 2. The van der Waals surface area contributed by atoms with Crippen molar-refractivity contribution >= 4 is 39.1 Å². The largest absolute Gasteiger partial charge is 0.495 e. The molecule has 0 unspecified atom stereocenters. The zero-order valence-corrected chi connectivity index (χ0v) is 18.4. The quantitative estimate of drug-likeness (QED) is 0.589. The van der Waals surface area contributed by atoms with E-state index in [2.05, 4.69) is 25.5 Å². The Kier molecular flexibility index (Phi) is 5.61. The number of urea groups is 1. The molecule has 0 radical (unpaired) electrons. The van der Waals surface area contributed by atoms with Gasteiger partial charge in [0.25, 0.3) is 0 Å². The van der Waals surface area contributed by atoms with Gasteiger partial charge in [-0.1, -0.05) is 12.1 Å². The van der Waals surface area contributed by atoms with E-state index in [0.717, 1.165) is 79.6 Å². The Labute approximate surface area is 185 Å². The summed E-state index contributed by atoms with van der Waals surface area (Å²) in [7, 11) is 1.67. The molecule has 0 aliphatic carbocycles. The van der Waals surface area contributed by atoms with Crippen LogP contribution in [0.15, 0.2) is 30.6 Å². The van der Waals surface area contributed by atoms with E-state index in [4.69, 9.17) is 4.74 Å². The van der Waals surface area contributed by atoms with Gasteiger partial charge in [-0.3, -0.25) is 4.90 Å². The summed E-state index contributed by atoms with van der Waals surface area (Å²) in [6.07, 6.45) is 3.60. The minimum absolute atomic E-state index is 0.0686. The van der Waals surface area contributed by atoms with Crippen LogP contribution < -0.4 is 15.4 Å². The zero-order chi connectivity index (χ0) is 21.2.